The molecule has 0 saturated carbocycles. The fraction of sp³-hybridized carbons (Fsp3) is 0.200. The normalized spacial score (nSPS) is 10.3. The molecule has 15 heavy (non-hydrogen) atoms. The Morgan fingerprint density at radius 1 is 1.47 bits per heavy atom. The van der Waals surface area contributed by atoms with Gasteiger partial charge in [0.2, 0.25) is 0 Å². The predicted molar refractivity (Wildman–Crippen MR) is 52.8 cm³/mol. The summed E-state index contributed by atoms with van der Waals surface area (Å²) >= 11 is 0. The van der Waals surface area contributed by atoms with E-state index in [9.17, 15) is 4.39 Å². The van der Waals surface area contributed by atoms with Gasteiger partial charge in [-0.25, -0.2) is 9.37 Å². The van der Waals surface area contributed by atoms with Crippen LogP contribution in [0.4, 0.5) is 10.2 Å². The largest absolute Gasteiger partial charge is 0.363 e. The third-order valence-corrected chi connectivity index (χ3v) is 1.85. The molecule has 2 aromatic heterocycles. The first-order valence-electron chi connectivity index (χ1n) is 4.51. The summed E-state index contributed by atoms with van der Waals surface area (Å²) in [5.41, 5.74) is 0.832. The van der Waals surface area contributed by atoms with Crippen molar-refractivity contribution in [2.75, 3.05) is 5.32 Å². The van der Waals surface area contributed by atoms with E-state index in [0.717, 1.165) is 17.7 Å². The molecule has 2 heterocycles. The summed E-state index contributed by atoms with van der Waals surface area (Å²) in [6.45, 7) is 2.34. The molecule has 0 bridgehead atoms. The van der Waals surface area contributed by atoms with E-state index in [1.165, 1.54) is 6.07 Å². The zero-order chi connectivity index (χ0) is 10.7. The molecular formula is C10H10FN3O. The molecule has 2 aromatic rings. The molecule has 0 aliphatic carbocycles. The van der Waals surface area contributed by atoms with Gasteiger partial charge in [-0.05, 0) is 19.1 Å². The predicted octanol–water partition coefficient (Wildman–Crippen LogP) is 2.13. The summed E-state index contributed by atoms with van der Waals surface area (Å²) in [4.78, 5) is 3.85. The number of aromatic nitrogens is 2. The first-order chi connectivity index (χ1) is 7.24. The van der Waals surface area contributed by atoms with Crippen molar-refractivity contribution < 1.29 is 8.91 Å². The number of nitrogens with zero attached hydrogens (tertiary/aromatic N) is 2. The minimum atomic E-state index is -0.351. The van der Waals surface area contributed by atoms with Crippen LogP contribution in [0, 0.1) is 12.7 Å². The summed E-state index contributed by atoms with van der Waals surface area (Å²) in [7, 11) is 0. The number of aryl methyl sites for hydroxylation is 1. The number of pyridine rings is 1. The highest BCUT2D eigenvalue weighted by Gasteiger charge is 2.00. The molecular weight excluding hydrogens is 197 g/mol. The number of hydrogen-bond acceptors (Lipinski definition) is 4. The molecule has 4 nitrogen and oxygen atoms in total. The summed E-state index contributed by atoms with van der Waals surface area (Å²) in [6, 6.07) is 4.75. The maximum atomic E-state index is 12.5. The van der Waals surface area contributed by atoms with Crippen LogP contribution in [-0.2, 0) is 6.54 Å². The Hall–Kier alpha value is -1.91. The first kappa shape index (κ1) is 9.64. The molecule has 0 atom stereocenters. The van der Waals surface area contributed by atoms with E-state index in [0.29, 0.717) is 12.4 Å². The van der Waals surface area contributed by atoms with Gasteiger partial charge in [-0.1, -0.05) is 5.16 Å². The molecule has 0 aliphatic rings. The molecule has 0 aliphatic heterocycles. The zero-order valence-corrected chi connectivity index (χ0v) is 8.20. The second-order valence-electron chi connectivity index (χ2n) is 3.15. The Bertz CT molecular complexity index is 438. The van der Waals surface area contributed by atoms with Crippen LogP contribution in [0.3, 0.4) is 0 Å². The number of hydrogen-bond donors (Lipinski definition) is 1. The van der Waals surface area contributed by atoms with Crippen LogP contribution in [-0.4, -0.2) is 10.1 Å². The molecule has 0 fully saturated rings. The second-order valence-corrected chi connectivity index (χ2v) is 3.15. The zero-order valence-electron chi connectivity index (χ0n) is 8.20. The first-order valence-corrected chi connectivity index (χ1v) is 4.51. The van der Waals surface area contributed by atoms with Gasteiger partial charge >= 0.3 is 0 Å². The van der Waals surface area contributed by atoms with Gasteiger partial charge in [-0.3, -0.25) is 0 Å². The average molecular weight is 207 g/mol. The third-order valence-electron chi connectivity index (χ3n) is 1.85. The van der Waals surface area contributed by atoms with Crippen molar-refractivity contribution in [2.24, 2.45) is 0 Å². The summed E-state index contributed by atoms with van der Waals surface area (Å²) < 4.78 is 17.5. The molecule has 0 spiro atoms. The maximum absolute atomic E-state index is 12.5. The Morgan fingerprint density at radius 2 is 2.33 bits per heavy atom. The van der Waals surface area contributed by atoms with Gasteiger partial charge in [0, 0.05) is 6.07 Å². The van der Waals surface area contributed by atoms with Crippen molar-refractivity contribution in [3.8, 4) is 0 Å². The van der Waals surface area contributed by atoms with Crippen LogP contribution in [0.25, 0.3) is 0 Å². The van der Waals surface area contributed by atoms with E-state index in [-0.39, 0.29) is 5.82 Å². The fourth-order valence-corrected chi connectivity index (χ4v) is 1.16. The molecule has 5 heteroatoms. The molecule has 1 N–H and O–H groups in total. The van der Waals surface area contributed by atoms with Crippen molar-refractivity contribution in [3.05, 3.63) is 41.7 Å². The number of halogens is 1. The van der Waals surface area contributed by atoms with Crippen molar-refractivity contribution >= 4 is 5.82 Å². The van der Waals surface area contributed by atoms with Gasteiger partial charge < -0.3 is 9.84 Å². The lowest BCUT2D eigenvalue weighted by Gasteiger charge is -2.01. The molecule has 0 unspecified atom stereocenters. The highest BCUT2D eigenvalue weighted by atomic mass is 19.1. The van der Waals surface area contributed by atoms with E-state index in [1.807, 2.05) is 13.0 Å². The average Bonchev–Trinajstić information content (AvgIpc) is 2.64. The molecule has 0 saturated heterocycles. The van der Waals surface area contributed by atoms with Crippen molar-refractivity contribution in [1.82, 2.24) is 10.1 Å². The van der Waals surface area contributed by atoms with E-state index in [2.05, 4.69) is 15.5 Å². The lowest BCUT2D eigenvalue weighted by Crippen LogP contribution is -2.00. The summed E-state index contributed by atoms with van der Waals surface area (Å²) in [5, 5.41) is 6.74. The molecule has 0 aromatic carbocycles. The Balaban J connectivity index is 1.96. The van der Waals surface area contributed by atoms with Crippen LogP contribution in [0.15, 0.2) is 28.9 Å². The lowest BCUT2D eigenvalue weighted by atomic mass is 10.4. The van der Waals surface area contributed by atoms with Gasteiger partial charge in [0.1, 0.15) is 11.6 Å². The Morgan fingerprint density at radius 3 is 2.93 bits per heavy atom. The Labute approximate surface area is 86.1 Å². The van der Waals surface area contributed by atoms with Crippen LogP contribution in [0.5, 0.6) is 0 Å². The van der Waals surface area contributed by atoms with Crippen LogP contribution in [0.1, 0.15) is 11.5 Å². The SMILES string of the molecule is Cc1cc(CNc2ccc(F)cn2)on1. The minimum absolute atomic E-state index is 0.351. The molecule has 78 valence electrons. The van der Waals surface area contributed by atoms with Crippen molar-refractivity contribution in [3.63, 3.8) is 0 Å². The Kier molecular flexibility index (Phi) is 2.62. The van der Waals surface area contributed by atoms with Gasteiger partial charge in [0.05, 0.1) is 18.4 Å². The standard InChI is InChI=1S/C10H10FN3O/c1-7-4-9(15-14-7)6-13-10-3-2-8(11)5-12-10/h2-5H,6H2,1H3,(H,12,13). The number of anilines is 1. The van der Waals surface area contributed by atoms with Gasteiger partial charge in [0.15, 0.2) is 5.76 Å². The minimum Gasteiger partial charge on any atom is -0.363 e. The molecule has 0 radical (unpaired) electrons. The van der Waals surface area contributed by atoms with E-state index < -0.39 is 0 Å². The van der Waals surface area contributed by atoms with Crippen LogP contribution >= 0.6 is 0 Å². The second kappa shape index (κ2) is 4.08. The van der Waals surface area contributed by atoms with E-state index in [1.54, 1.807) is 6.07 Å². The summed E-state index contributed by atoms with van der Waals surface area (Å²) in [6.07, 6.45) is 1.16. The van der Waals surface area contributed by atoms with Gasteiger partial charge in [-0.15, -0.1) is 0 Å². The maximum Gasteiger partial charge on any atom is 0.156 e. The van der Waals surface area contributed by atoms with Crippen LogP contribution < -0.4 is 5.32 Å². The lowest BCUT2D eigenvalue weighted by molar-refractivity contribution is 0.384. The summed E-state index contributed by atoms with van der Waals surface area (Å²) in [5.74, 6) is 0.972. The molecule has 2 rings (SSSR count). The topological polar surface area (TPSA) is 51.0 Å². The quantitative estimate of drug-likeness (QED) is 0.837. The van der Waals surface area contributed by atoms with Crippen molar-refractivity contribution in [1.29, 1.82) is 0 Å². The van der Waals surface area contributed by atoms with Crippen molar-refractivity contribution in [2.45, 2.75) is 13.5 Å². The molecule has 0 amide bonds. The third kappa shape index (κ3) is 2.52. The highest BCUT2D eigenvalue weighted by molar-refractivity contribution is 5.33. The highest BCUT2D eigenvalue weighted by Crippen LogP contribution is 2.07. The number of nitrogens with one attached hydrogen (secondary N) is 1. The van der Waals surface area contributed by atoms with Crippen LogP contribution in [0.2, 0.25) is 0 Å². The monoisotopic (exact) mass is 207 g/mol. The smallest absolute Gasteiger partial charge is 0.156 e. The van der Waals surface area contributed by atoms with E-state index in [4.69, 9.17) is 4.52 Å². The number of rotatable bonds is 3. The van der Waals surface area contributed by atoms with Gasteiger partial charge in [-0.2, -0.15) is 0 Å². The fourth-order valence-electron chi connectivity index (χ4n) is 1.16. The van der Waals surface area contributed by atoms with Gasteiger partial charge in [0.25, 0.3) is 0 Å². The van der Waals surface area contributed by atoms with E-state index >= 15 is 0 Å².